The number of anilines is 1. The van der Waals surface area contributed by atoms with Crippen LogP contribution in [0.25, 0.3) is 0 Å². The Balaban J connectivity index is 1.55. The van der Waals surface area contributed by atoms with Gasteiger partial charge in [0.25, 0.3) is 15.9 Å². The van der Waals surface area contributed by atoms with Gasteiger partial charge in [-0.3, -0.25) is 9.52 Å². The van der Waals surface area contributed by atoms with E-state index in [-0.39, 0.29) is 28.1 Å². The number of rotatable bonds is 9. The van der Waals surface area contributed by atoms with Crippen LogP contribution in [-0.4, -0.2) is 57.4 Å². The smallest absolute Gasteiger partial charge is 0.261 e. The van der Waals surface area contributed by atoms with Gasteiger partial charge < -0.3 is 14.5 Å². The van der Waals surface area contributed by atoms with Crippen molar-refractivity contribution in [3.8, 4) is 11.5 Å². The van der Waals surface area contributed by atoms with Crippen molar-refractivity contribution in [3.63, 3.8) is 0 Å². The van der Waals surface area contributed by atoms with Gasteiger partial charge in [-0.1, -0.05) is 35.3 Å². The first-order valence-electron chi connectivity index (χ1n) is 12.4. The summed E-state index contributed by atoms with van der Waals surface area (Å²) in [6.45, 7) is 1.49. The third kappa shape index (κ3) is 6.99. The molecule has 38 heavy (non-hydrogen) atoms. The number of carbonyl (C=O) groups excluding carboxylic acids is 1. The molecule has 0 spiro atoms. The van der Waals surface area contributed by atoms with E-state index < -0.39 is 10.0 Å². The number of ether oxygens (including phenoxy) is 1. The minimum atomic E-state index is -4.00. The molecule has 3 aromatic carbocycles. The second-order valence-electron chi connectivity index (χ2n) is 9.54. The molecule has 1 aliphatic rings. The third-order valence-electron chi connectivity index (χ3n) is 6.45. The number of amides is 1. The minimum absolute atomic E-state index is 0.0270. The van der Waals surface area contributed by atoms with Gasteiger partial charge in [0.1, 0.15) is 11.5 Å². The Hall–Kier alpha value is -2.78. The molecule has 4 rings (SSSR count). The van der Waals surface area contributed by atoms with E-state index in [9.17, 15) is 13.2 Å². The van der Waals surface area contributed by atoms with Crippen molar-refractivity contribution in [2.24, 2.45) is 0 Å². The molecule has 0 radical (unpaired) electrons. The van der Waals surface area contributed by atoms with Crippen LogP contribution in [0, 0.1) is 0 Å². The molecule has 1 N–H and O–H groups in total. The summed E-state index contributed by atoms with van der Waals surface area (Å²) >= 11 is 12.4. The number of sulfonamides is 1. The van der Waals surface area contributed by atoms with Crippen LogP contribution in [0.15, 0.2) is 71.6 Å². The van der Waals surface area contributed by atoms with E-state index in [0.29, 0.717) is 28.1 Å². The number of hydrogen-bond donors (Lipinski definition) is 1. The van der Waals surface area contributed by atoms with E-state index in [2.05, 4.69) is 9.62 Å². The van der Waals surface area contributed by atoms with Crippen molar-refractivity contribution in [3.05, 3.63) is 82.3 Å². The number of benzene rings is 3. The largest absolute Gasteiger partial charge is 0.456 e. The monoisotopic (exact) mass is 575 g/mol. The van der Waals surface area contributed by atoms with Crippen LogP contribution in [0.2, 0.25) is 10.0 Å². The maximum Gasteiger partial charge on any atom is 0.261 e. The van der Waals surface area contributed by atoms with Crippen LogP contribution in [0.1, 0.15) is 36.0 Å². The molecule has 3 aromatic rings. The first-order valence-corrected chi connectivity index (χ1v) is 14.7. The van der Waals surface area contributed by atoms with Crippen molar-refractivity contribution in [1.82, 2.24) is 9.80 Å². The van der Waals surface area contributed by atoms with Crippen molar-refractivity contribution in [2.45, 2.75) is 36.6 Å². The lowest BCUT2D eigenvalue weighted by Gasteiger charge is -2.37. The fourth-order valence-electron chi connectivity index (χ4n) is 4.46. The molecule has 1 aliphatic heterocycles. The highest BCUT2D eigenvalue weighted by atomic mass is 35.5. The summed E-state index contributed by atoms with van der Waals surface area (Å²) in [4.78, 5) is 17.7. The van der Waals surface area contributed by atoms with Gasteiger partial charge in [-0.05, 0) is 101 Å². The summed E-state index contributed by atoms with van der Waals surface area (Å²) in [5.74, 6) is 0.680. The summed E-state index contributed by atoms with van der Waals surface area (Å²) in [6, 6.07) is 17.7. The summed E-state index contributed by atoms with van der Waals surface area (Å²) in [5.41, 5.74) is 0.421. The van der Waals surface area contributed by atoms with Crippen LogP contribution in [-0.2, 0) is 10.0 Å². The highest BCUT2D eigenvalue weighted by Gasteiger charge is 2.30. The SMILES string of the molecule is CN(C)CC[C@H]1CCCCN1C(=O)c1cc(Cl)ccc1NS(=O)(=O)c1ccc(Oc2ccccc2Cl)cc1. The molecule has 1 fully saturated rings. The molecule has 0 aromatic heterocycles. The highest BCUT2D eigenvalue weighted by molar-refractivity contribution is 7.92. The molecule has 1 amide bonds. The molecule has 202 valence electrons. The molecule has 7 nitrogen and oxygen atoms in total. The Kier molecular flexibility index (Phi) is 9.20. The zero-order valence-corrected chi connectivity index (χ0v) is 23.7. The summed E-state index contributed by atoms with van der Waals surface area (Å²) in [6.07, 6.45) is 3.74. The number of nitrogens with one attached hydrogen (secondary N) is 1. The lowest BCUT2D eigenvalue weighted by atomic mass is 9.97. The van der Waals surface area contributed by atoms with Crippen LogP contribution < -0.4 is 9.46 Å². The molecule has 0 unspecified atom stereocenters. The van der Waals surface area contributed by atoms with Gasteiger partial charge in [-0.2, -0.15) is 0 Å². The first kappa shape index (κ1) is 28.2. The molecule has 0 aliphatic carbocycles. The number of carbonyl (C=O) groups is 1. The second-order valence-corrected chi connectivity index (χ2v) is 12.1. The molecular weight excluding hydrogens is 545 g/mol. The van der Waals surface area contributed by atoms with Crippen LogP contribution in [0.3, 0.4) is 0 Å². The molecule has 0 saturated carbocycles. The average molecular weight is 577 g/mol. The van der Waals surface area contributed by atoms with Crippen molar-refractivity contribution >= 4 is 44.8 Å². The van der Waals surface area contributed by atoms with E-state index in [1.54, 1.807) is 42.5 Å². The molecule has 1 heterocycles. The number of nitrogens with zero attached hydrogens (tertiary/aromatic N) is 2. The van der Waals surface area contributed by atoms with Gasteiger partial charge in [-0.25, -0.2) is 8.42 Å². The number of hydrogen-bond acceptors (Lipinski definition) is 5. The Labute approximate surface area is 234 Å². The van der Waals surface area contributed by atoms with E-state index >= 15 is 0 Å². The molecule has 1 atom stereocenters. The van der Waals surface area contributed by atoms with E-state index in [1.165, 1.54) is 24.3 Å². The van der Waals surface area contributed by atoms with Gasteiger partial charge in [0.2, 0.25) is 0 Å². The average Bonchev–Trinajstić information content (AvgIpc) is 2.90. The number of para-hydroxylation sites is 1. The molecule has 0 bridgehead atoms. The van der Waals surface area contributed by atoms with Gasteiger partial charge >= 0.3 is 0 Å². The van der Waals surface area contributed by atoms with Crippen molar-refractivity contribution in [1.29, 1.82) is 0 Å². The lowest BCUT2D eigenvalue weighted by molar-refractivity contribution is 0.0592. The van der Waals surface area contributed by atoms with Gasteiger partial charge in [0.15, 0.2) is 0 Å². The maximum absolute atomic E-state index is 13.7. The predicted molar refractivity (Wildman–Crippen MR) is 152 cm³/mol. The topological polar surface area (TPSA) is 79.0 Å². The fourth-order valence-corrected chi connectivity index (χ4v) is 5.88. The van der Waals surface area contributed by atoms with Crippen LogP contribution in [0.4, 0.5) is 5.69 Å². The van der Waals surface area contributed by atoms with Gasteiger partial charge in [0.05, 0.1) is 21.2 Å². The summed E-state index contributed by atoms with van der Waals surface area (Å²) in [7, 11) is 0.0187. The van der Waals surface area contributed by atoms with E-state index in [1.807, 2.05) is 19.0 Å². The first-order chi connectivity index (χ1) is 18.1. The summed E-state index contributed by atoms with van der Waals surface area (Å²) < 4.78 is 34.9. The van der Waals surface area contributed by atoms with E-state index in [0.717, 1.165) is 32.2 Å². The van der Waals surface area contributed by atoms with Crippen LogP contribution in [0.5, 0.6) is 11.5 Å². The van der Waals surface area contributed by atoms with Crippen molar-refractivity contribution in [2.75, 3.05) is 31.9 Å². The Morgan fingerprint density at radius 3 is 2.50 bits per heavy atom. The normalized spacial score (nSPS) is 15.9. The number of likely N-dealkylation sites (tertiary alicyclic amines) is 1. The molecular formula is C28H31Cl2N3O4S. The van der Waals surface area contributed by atoms with E-state index in [4.69, 9.17) is 27.9 Å². The quantitative estimate of drug-likeness (QED) is 0.313. The molecule has 10 heteroatoms. The van der Waals surface area contributed by atoms with Crippen molar-refractivity contribution < 1.29 is 17.9 Å². The standard InChI is InChI=1S/C28H31Cl2N3O4S/c1-32(2)18-16-21-7-5-6-17-33(21)28(34)24-19-20(29)10-15-26(24)31-38(35,36)23-13-11-22(12-14-23)37-27-9-4-3-8-25(27)30/h3-4,8-15,19,21,31H,5-7,16-18H2,1-2H3/t21-/m1/s1. The summed E-state index contributed by atoms with van der Waals surface area (Å²) in [5, 5.41) is 0.808. The third-order valence-corrected chi connectivity index (χ3v) is 8.38. The maximum atomic E-state index is 13.7. The van der Waals surface area contributed by atoms with Gasteiger partial charge in [-0.15, -0.1) is 0 Å². The number of piperidine rings is 1. The lowest BCUT2D eigenvalue weighted by Crippen LogP contribution is -2.45. The van der Waals surface area contributed by atoms with Crippen LogP contribution >= 0.6 is 23.2 Å². The Morgan fingerprint density at radius 2 is 1.79 bits per heavy atom. The Morgan fingerprint density at radius 1 is 1.05 bits per heavy atom. The second kappa shape index (κ2) is 12.4. The predicted octanol–water partition coefficient (Wildman–Crippen LogP) is 6.53. The zero-order valence-electron chi connectivity index (χ0n) is 21.4. The minimum Gasteiger partial charge on any atom is -0.456 e. The Bertz CT molecular complexity index is 1380. The zero-order chi connectivity index (χ0) is 27.3. The highest BCUT2D eigenvalue weighted by Crippen LogP contribution is 2.31. The van der Waals surface area contributed by atoms with Gasteiger partial charge in [0, 0.05) is 17.6 Å². The fraction of sp³-hybridized carbons (Fsp3) is 0.321. The number of halogens is 2. The molecule has 1 saturated heterocycles.